The van der Waals surface area contributed by atoms with E-state index in [1.165, 1.54) is 9.80 Å². The van der Waals surface area contributed by atoms with Crippen LogP contribution in [-0.2, 0) is 11.3 Å². The Kier molecular flexibility index (Phi) is 8.00. The van der Waals surface area contributed by atoms with E-state index >= 15 is 0 Å². The molecule has 2 amide bonds. The van der Waals surface area contributed by atoms with Crippen LogP contribution in [0.25, 0.3) is 11.1 Å². The van der Waals surface area contributed by atoms with E-state index in [2.05, 4.69) is 9.97 Å². The van der Waals surface area contributed by atoms with Crippen molar-refractivity contribution in [3.8, 4) is 11.1 Å². The van der Waals surface area contributed by atoms with Crippen LogP contribution in [0.3, 0.4) is 0 Å². The van der Waals surface area contributed by atoms with Gasteiger partial charge in [-0.2, -0.15) is 0 Å². The van der Waals surface area contributed by atoms with Crippen LogP contribution in [0.5, 0.6) is 0 Å². The van der Waals surface area contributed by atoms with Gasteiger partial charge in [-0.3, -0.25) is 24.4 Å². The van der Waals surface area contributed by atoms with Crippen molar-refractivity contribution in [2.45, 2.75) is 13.0 Å². The van der Waals surface area contributed by atoms with Gasteiger partial charge < -0.3 is 14.9 Å². The van der Waals surface area contributed by atoms with Crippen LogP contribution in [0, 0.1) is 0 Å². The van der Waals surface area contributed by atoms with Gasteiger partial charge in [0, 0.05) is 61.7 Å². The molecule has 1 N–H and O–H groups in total. The highest BCUT2D eigenvalue weighted by molar-refractivity contribution is 6.11. The molecule has 0 aliphatic rings. The largest absolute Gasteiger partial charge is 0.481 e. The molecule has 4 rings (SSSR count). The first-order chi connectivity index (χ1) is 18.0. The van der Waals surface area contributed by atoms with Crippen LogP contribution in [0.2, 0.25) is 0 Å². The second-order valence-electron chi connectivity index (χ2n) is 8.39. The van der Waals surface area contributed by atoms with Crippen LogP contribution in [0.15, 0.2) is 97.6 Å². The Labute approximate surface area is 214 Å². The lowest BCUT2D eigenvalue weighted by atomic mass is 9.94. The zero-order valence-electron chi connectivity index (χ0n) is 20.3. The molecular formula is C29H26N4O4. The van der Waals surface area contributed by atoms with Crippen LogP contribution < -0.4 is 4.90 Å². The van der Waals surface area contributed by atoms with Gasteiger partial charge >= 0.3 is 5.97 Å². The lowest BCUT2D eigenvalue weighted by molar-refractivity contribution is -0.137. The van der Waals surface area contributed by atoms with Gasteiger partial charge in [-0.25, -0.2) is 0 Å². The maximum Gasteiger partial charge on any atom is 0.305 e. The summed E-state index contributed by atoms with van der Waals surface area (Å²) in [6.07, 6.45) is 6.33. The number of hydrogen-bond donors (Lipinski definition) is 1. The number of nitrogens with zero attached hydrogens (tertiary/aromatic N) is 4. The second-order valence-corrected chi connectivity index (χ2v) is 8.39. The average Bonchev–Trinajstić information content (AvgIpc) is 2.95. The molecule has 0 fully saturated rings. The van der Waals surface area contributed by atoms with E-state index in [-0.39, 0.29) is 31.3 Å². The third kappa shape index (κ3) is 6.05. The Morgan fingerprint density at radius 1 is 0.757 bits per heavy atom. The highest BCUT2D eigenvalue weighted by atomic mass is 16.4. The predicted octanol–water partition coefficient (Wildman–Crippen LogP) is 4.54. The SMILES string of the molecule is CN(C(=O)c1ccccc1-c1ccccc1C(=O)N(CCC(=O)O)Cc1cccnc1)c1ccncc1. The Morgan fingerprint density at radius 3 is 1.97 bits per heavy atom. The number of aromatic nitrogens is 2. The summed E-state index contributed by atoms with van der Waals surface area (Å²) in [6.45, 7) is 0.238. The minimum absolute atomic E-state index is 0.0305. The van der Waals surface area contributed by atoms with E-state index in [9.17, 15) is 19.5 Å². The zero-order valence-corrected chi connectivity index (χ0v) is 20.3. The summed E-state index contributed by atoms with van der Waals surface area (Å²) >= 11 is 0. The first-order valence-corrected chi connectivity index (χ1v) is 11.7. The summed E-state index contributed by atoms with van der Waals surface area (Å²) in [7, 11) is 1.69. The second kappa shape index (κ2) is 11.7. The van der Waals surface area contributed by atoms with Crippen LogP contribution >= 0.6 is 0 Å². The molecule has 0 saturated heterocycles. The number of carbonyl (C=O) groups is 3. The number of aliphatic carboxylic acids is 1. The molecule has 0 aliphatic heterocycles. The first kappa shape index (κ1) is 25.2. The highest BCUT2D eigenvalue weighted by Crippen LogP contribution is 2.30. The first-order valence-electron chi connectivity index (χ1n) is 11.7. The Hall–Kier alpha value is -4.85. The molecule has 0 atom stereocenters. The number of pyridine rings is 2. The predicted molar refractivity (Wildman–Crippen MR) is 140 cm³/mol. The van der Waals surface area contributed by atoms with Gasteiger partial charge in [0.15, 0.2) is 0 Å². The Balaban J connectivity index is 1.72. The van der Waals surface area contributed by atoms with E-state index in [0.717, 1.165) is 5.56 Å². The molecule has 0 radical (unpaired) electrons. The van der Waals surface area contributed by atoms with Crippen molar-refractivity contribution >= 4 is 23.5 Å². The zero-order chi connectivity index (χ0) is 26.2. The summed E-state index contributed by atoms with van der Waals surface area (Å²) in [5, 5.41) is 9.26. The van der Waals surface area contributed by atoms with Crippen molar-refractivity contribution < 1.29 is 19.5 Å². The van der Waals surface area contributed by atoms with E-state index in [0.29, 0.717) is 27.9 Å². The van der Waals surface area contributed by atoms with Gasteiger partial charge in [-0.15, -0.1) is 0 Å². The van der Waals surface area contributed by atoms with Crippen molar-refractivity contribution in [3.63, 3.8) is 0 Å². The summed E-state index contributed by atoms with van der Waals surface area (Å²) in [4.78, 5) is 49.8. The quantitative estimate of drug-likeness (QED) is 0.366. The molecule has 4 aromatic rings. The fourth-order valence-electron chi connectivity index (χ4n) is 4.04. The third-order valence-electron chi connectivity index (χ3n) is 5.94. The normalized spacial score (nSPS) is 10.5. The van der Waals surface area contributed by atoms with Crippen molar-refractivity contribution in [2.75, 3.05) is 18.5 Å². The van der Waals surface area contributed by atoms with Crippen molar-refractivity contribution in [3.05, 3.63) is 114 Å². The maximum absolute atomic E-state index is 13.8. The van der Waals surface area contributed by atoms with E-state index in [1.54, 1.807) is 80.4 Å². The van der Waals surface area contributed by atoms with Crippen molar-refractivity contribution in [1.29, 1.82) is 0 Å². The maximum atomic E-state index is 13.8. The topological polar surface area (TPSA) is 104 Å². The molecule has 2 aromatic carbocycles. The third-order valence-corrected chi connectivity index (χ3v) is 5.94. The van der Waals surface area contributed by atoms with Gasteiger partial charge in [-0.1, -0.05) is 42.5 Å². The standard InChI is InChI=1S/C29H26N4O4/c1-32(22-12-16-30-17-13-22)28(36)25-10-4-2-8-23(25)24-9-3-5-11-26(24)29(37)33(18-14-27(34)35)20-21-7-6-15-31-19-21/h2-13,15-17,19H,14,18,20H2,1H3,(H,34,35). The Morgan fingerprint density at radius 2 is 1.38 bits per heavy atom. The summed E-state index contributed by atoms with van der Waals surface area (Å²) < 4.78 is 0. The molecule has 0 spiro atoms. The lowest BCUT2D eigenvalue weighted by Gasteiger charge is -2.24. The fourth-order valence-corrected chi connectivity index (χ4v) is 4.04. The van der Waals surface area contributed by atoms with Crippen molar-refractivity contribution in [2.24, 2.45) is 0 Å². The number of rotatable bonds is 9. The number of anilines is 1. The molecule has 2 heterocycles. The molecule has 8 heteroatoms. The summed E-state index contributed by atoms with van der Waals surface area (Å²) in [6, 6.07) is 21.3. The van der Waals surface area contributed by atoms with E-state index < -0.39 is 5.97 Å². The molecule has 2 aromatic heterocycles. The number of carboxylic acids is 1. The minimum Gasteiger partial charge on any atom is -0.481 e. The number of carbonyl (C=O) groups excluding carboxylic acids is 2. The molecular weight excluding hydrogens is 468 g/mol. The molecule has 8 nitrogen and oxygen atoms in total. The number of carboxylic acid groups (broad SMARTS) is 1. The highest BCUT2D eigenvalue weighted by Gasteiger charge is 2.24. The molecule has 0 saturated carbocycles. The van der Waals surface area contributed by atoms with Gasteiger partial charge in [0.05, 0.1) is 6.42 Å². The van der Waals surface area contributed by atoms with Gasteiger partial charge in [0.1, 0.15) is 0 Å². The molecule has 0 bridgehead atoms. The van der Waals surface area contributed by atoms with E-state index in [1.807, 2.05) is 24.3 Å². The Bertz CT molecular complexity index is 1390. The van der Waals surface area contributed by atoms with Crippen LogP contribution in [0.4, 0.5) is 5.69 Å². The number of hydrogen-bond acceptors (Lipinski definition) is 5. The van der Waals surface area contributed by atoms with E-state index in [4.69, 9.17) is 0 Å². The van der Waals surface area contributed by atoms with Gasteiger partial charge in [0.25, 0.3) is 11.8 Å². The average molecular weight is 495 g/mol. The number of amides is 2. The lowest BCUT2D eigenvalue weighted by Crippen LogP contribution is -2.33. The minimum atomic E-state index is -0.993. The molecule has 0 aliphatic carbocycles. The smallest absolute Gasteiger partial charge is 0.305 e. The molecule has 186 valence electrons. The van der Waals surface area contributed by atoms with Gasteiger partial charge in [0.2, 0.25) is 0 Å². The van der Waals surface area contributed by atoms with Crippen LogP contribution in [-0.4, -0.2) is 51.4 Å². The summed E-state index contributed by atoms with van der Waals surface area (Å²) in [5.41, 5.74) is 3.49. The summed E-state index contributed by atoms with van der Waals surface area (Å²) in [5.74, 6) is -1.56. The fraction of sp³-hybridized carbons (Fsp3) is 0.138. The molecule has 0 unspecified atom stereocenters. The number of benzene rings is 2. The van der Waals surface area contributed by atoms with Crippen molar-refractivity contribution in [1.82, 2.24) is 14.9 Å². The van der Waals surface area contributed by atoms with Gasteiger partial charge in [-0.05, 0) is 47.0 Å². The monoisotopic (exact) mass is 494 g/mol. The molecule has 37 heavy (non-hydrogen) atoms. The van der Waals surface area contributed by atoms with Crippen LogP contribution in [0.1, 0.15) is 32.7 Å².